The van der Waals surface area contributed by atoms with Gasteiger partial charge in [-0.2, -0.15) is 13.2 Å². The molecule has 0 aliphatic heterocycles. The van der Waals surface area contributed by atoms with Crippen LogP contribution in [0.3, 0.4) is 0 Å². The first-order valence-corrected chi connectivity index (χ1v) is 7.32. The Morgan fingerprint density at radius 2 is 1.83 bits per heavy atom. The van der Waals surface area contributed by atoms with Gasteiger partial charge in [-0.3, -0.25) is 4.99 Å². The summed E-state index contributed by atoms with van der Waals surface area (Å²) in [5, 5.41) is 6.19. The van der Waals surface area contributed by atoms with Gasteiger partial charge in [0.25, 0.3) is 0 Å². The molecular formula is C16H24F3N3O. The molecular weight excluding hydrogens is 307 g/mol. The lowest BCUT2D eigenvalue weighted by Crippen LogP contribution is -2.44. The number of ether oxygens (including phenoxy) is 1. The first-order valence-electron chi connectivity index (χ1n) is 7.32. The number of methoxy groups -OCH3 is 1. The van der Waals surface area contributed by atoms with E-state index in [0.717, 1.165) is 6.07 Å². The third-order valence-corrected chi connectivity index (χ3v) is 3.49. The van der Waals surface area contributed by atoms with Gasteiger partial charge >= 0.3 is 6.18 Å². The number of rotatable bonds is 6. The van der Waals surface area contributed by atoms with Crippen molar-refractivity contribution in [1.29, 1.82) is 0 Å². The lowest BCUT2D eigenvalue weighted by Gasteiger charge is -2.27. The van der Waals surface area contributed by atoms with Crippen molar-refractivity contribution in [1.82, 2.24) is 10.6 Å². The van der Waals surface area contributed by atoms with E-state index in [4.69, 9.17) is 4.74 Å². The van der Waals surface area contributed by atoms with E-state index in [9.17, 15) is 13.2 Å². The summed E-state index contributed by atoms with van der Waals surface area (Å²) in [7, 11) is 3.24. The number of guanidine groups is 1. The molecule has 2 N–H and O–H groups in total. The van der Waals surface area contributed by atoms with E-state index in [0.29, 0.717) is 31.2 Å². The highest BCUT2D eigenvalue weighted by molar-refractivity contribution is 5.79. The second-order valence-electron chi connectivity index (χ2n) is 5.81. The molecule has 1 aromatic rings. The quantitative estimate of drug-likeness (QED) is 0.479. The Kier molecular flexibility index (Phi) is 6.87. The van der Waals surface area contributed by atoms with Crippen LogP contribution in [0.4, 0.5) is 13.2 Å². The Morgan fingerprint density at radius 3 is 2.39 bits per heavy atom. The van der Waals surface area contributed by atoms with Crippen LogP contribution in [0.1, 0.15) is 25.0 Å². The van der Waals surface area contributed by atoms with E-state index in [1.807, 2.05) is 13.8 Å². The van der Waals surface area contributed by atoms with Crippen LogP contribution >= 0.6 is 0 Å². The number of nitrogens with zero attached hydrogens (tertiary/aromatic N) is 1. The molecule has 0 amide bonds. The zero-order valence-corrected chi connectivity index (χ0v) is 13.9. The molecule has 0 saturated carbocycles. The van der Waals surface area contributed by atoms with Crippen molar-refractivity contribution in [2.24, 2.45) is 4.99 Å². The van der Waals surface area contributed by atoms with Crippen LogP contribution in [-0.2, 0) is 16.3 Å². The second kappa shape index (κ2) is 8.19. The van der Waals surface area contributed by atoms with E-state index in [-0.39, 0.29) is 0 Å². The van der Waals surface area contributed by atoms with Gasteiger partial charge < -0.3 is 15.4 Å². The Labute approximate surface area is 135 Å². The largest absolute Gasteiger partial charge is 0.416 e. The monoisotopic (exact) mass is 331 g/mol. The molecule has 0 heterocycles. The highest BCUT2D eigenvalue weighted by atomic mass is 19.4. The van der Waals surface area contributed by atoms with E-state index in [1.54, 1.807) is 20.2 Å². The number of halogens is 3. The highest BCUT2D eigenvalue weighted by Gasteiger charge is 2.32. The number of hydrogen-bond acceptors (Lipinski definition) is 2. The summed E-state index contributed by atoms with van der Waals surface area (Å²) in [6.07, 6.45) is -4.34. The SMILES string of the molecule is CN=C(NCCOC)NCC(C)(C)c1cccc(C(F)(F)F)c1. The Hall–Kier alpha value is -1.76. The summed E-state index contributed by atoms with van der Waals surface area (Å²) < 4.78 is 43.5. The van der Waals surface area contributed by atoms with Gasteiger partial charge in [-0.05, 0) is 11.6 Å². The second-order valence-corrected chi connectivity index (χ2v) is 5.81. The molecule has 0 spiro atoms. The van der Waals surface area contributed by atoms with Crippen LogP contribution in [0, 0.1) is 0 Å². The minimum Gasteiger partial charge on any atom is -0.383 e. The third-order valence-electron chi connectivity index (χ3n) is 3.49. The zero-order valence-electron chi connectivity index (χ0n) is 13.9. The maximum absolute atomic E-state index is 12.8. The fourth-order valence-corrected chi connectivity index (χ4v) is 2.02. The van der Waals surface area contributed by atoms with Crippen LogP contribution in [-0.4, -0.2) is 39.8 Å². The predicted molar refractivity (Wildman–Crippen MR) is 85.7 cm³/mol. The van der Waals surface area contributed by atoms with Gasteiger partial charge in [0.15, 0.2) is 5.96 Å². The van der Waals surface area contributed by atoms with Crippen molar-refractivity contribution in [3.05, 3.63) is 35.4 Å². The van der Waals surface area contributed by atoms with Gasteiger partial charge in [-0.1, -0.05) is 32.0 Å². The van der Waals surface area contributed by atoms with Gasteiger partial charge in [0.2, 0.25) is 0 Å². The summed E-state index contributed by atoms with van der Waals surface area (Å²) in [5.41, 5.74) is -0.502. The van der Waals surface area contributed by atoms with E-state index < -0.39 is 17.2 Å². The maximum atomic E-state index is 12.8. The molecule has 0 bridgehead atoms. The molecule has 7 heteroatoms. The lowest BCUT2D eigenvalue weighted by atomic mass is 9.84. The van der Waals surface area contributed by atoms with Crippen molar-refractivity contribution in [3.8, 4) is 0 Å². The maximum Gasteiger partial charge on any atom is 0.416 e. The smallest absolute Gasteiger partial charge is 0.383 e. The predicted octanol–water partition coefficient (Wildman–Crippen LogP) is 2.79. The minimum atomic E-state index is -4.34. The van der Waals surface area contributed by atoms with Crippen LogP contribution in [0.25, 0.3) is 0 Å². The summed E-state index contributed by atoms with van der Waals surface area (Å²) in [6, 6.07) is 5.42. The average molecular weight is 331 g/mol. The molecule has 0 unspecified atom stereocenters. The van der Waals surface area contributed by atoms with Gasteiger partial charge in [-0.25, -0.2) is 0 Å². The van der Waals surface area contributed by atoms with Crippen LogP contribution in [0.5, 0.6) is 0 Å². The first kappa shape index (κ1) is 19.3. The molecule has 0 aromatic heterocycles. The topological polar surface area (TPSA) is 45.7 Å². The summed E-state index contributed by atoms with van der Waals surface area (Å²) in [5.74, 6) is 0.585. The number of alkyl halides is 3. The van der Waals surface area contributed by atoms with Crippen molar-refractivity contribution in [3.63, 3.8) is 0 Å². The van der Waals surface area contributed by atoms with Gasteiger partial charge in [0.1, 0.15) is 0 Å². The van der Waals surface area contributed by atoms with Crippen molar-refractivity contribution < 1.29 is 17.9 Å². The van der Waals surface area contributed by atoms with E-state index in [1.165, 1.54) is 12.1 Å². The average Bonchev–Trinajstić information content (AvgIpc) is 2.50. The lowest BCUT2D eigenvalue weighted by molar-refractivity contribution is -0.137. The molecule has 0 radical (unpaired) electrons. The molecule has 1 rings (SSSR count). The summed E-state index contributed by atoms with van der Waals surface area (Å²) >= 11 is 0. The molecule has 0 fully saturated rings. The van der Waals surface area contributed by atoms with Crippen LogP contribution in [0.2, 0.25) is 0 Å². The van der Waals surface area contributed by atoms with Gasteiger partial charge in [0, 0.05) is 32.7 Å². The number of aliphatic imine (C=N–C) groups is 1. The molecule has 4 nitrogen and oxygen atoms in total. The normalized spacial score (nSPS) is 13.1. The molecule has 1 aromatic carbocycles. The number of hydrogen-bond donors (Lipinski definition) is 2. The van der Waals surface area contributed by atoms with E-state index in [2.05, 4.69) is 15.6 Å². The summed E-state index contributed by atoms with van der Waals surface area (Å²) in [4.78, 5) is 4.07. The standard InChI is InChI=1S/C16H24F3N3O/c1-15(2,11-22-14(20-3)21-8-9-23-4)12-6-5-7-13(10-12)16(17,18)19/h5-7,10H,8-9,11H2,1-4H3,(H2,20,21,22). The first-order chi connectivity index (χ1) is 10.7. The number of benzene rings is 1. The minimum absolute atomic E-state index is 0.445. The fourth-order valence-electron chi connectivity index (χ4n) is 2.02. The molecule has 0 aliphatic carbocycles. The molecule has 130 valence electrons. The zero-order chi connectivity index (χ0) is 17.5. The van der Waals surface area contributed by atoms with Crippen molar-refractivity contribution in [2.75, 3.05) is 33.9 Å². The molecule has 23 heavy (non-hydrogen) atoms. The molecule has 0 atom stereocenters. The Morgan fingerprint density at radius 1 is 1.17 bits per heavy atom. The fraction of sp³-hybridized carbons (Fsp3) is 0.562. The molecule has 0 saturated heterocycles. The van der Waals surface area contributed by atoms with Crippen LogP contribution in [0.15, 0.2) is 29.3 Å². The Bertz CT molecular complexity index is 528. The Balaban J connectivity index is 2.75. The number of nitrogens with one attached hydrogen (secondary N) is 2. The summed E-state index contributed by atoms with van der Waals surface area (Å²) in [6.45, 7) is 5.36. The van der Waals surface area contributed by atoms with Crippen molar-refractivity contribution in [2.45, 2.75) is 25.4 Å². The molecule has 0 aliphatic rings. The van der Waals surface area contributed by atoms with Crippen LogP contribution < -0.4 is 10.6 Å². The van der Waals surface area contributed by atoms with Gasteiger partial charge in [-0.15, -0.1) is 0 Å². The van der Waals surface area contributed by atoms with Gasteiger partial charge in [0.05, 0.1) is 12.2 Å². The third kappa shape index (κ3) is 6.09. The van der Waals surface area contributed by atoms with Crippen molar-refractivity contribution >= 4 is 5.96 Å². The highest BCUT2D eigenvalue weighted by Crippen LogP contribution is 2.32. The van der Waals surface area contributed by atoms with E-state index >= 15 is 0 Å².